The Balaban J connectivity index is 1.64. The highest BCUT2D eigenvalue weighted by Crippen LogP contribution is 2.29. The second kappa shape index (κ2) is 8.43. The minimum Gasteiger partial charge on any atom is -0.423 e. The number of hydrogen-bond acceptors (Lipinski definition) is 5. The molecule has 148 valence electrons. The van der Waals surface area contributed by atoms with Crippen LogP contribution in [0.1, 0.15) is 25.0 Å². The van der Waals surface area contributed by atoms with Crippen LogP contribution in [-0.2, 0) is 18.7 Å². The van der Waals surface area contributed by atoms with Gasteiger partial charge in [-0.3, -0.25) is 0 Å². The van der Waals surface area contributed by atoms with Crippen molar-refractivity contribution in [3.8, 4) is 11.4 Å². The molecule has 0 spiro atoms. The smallest absolute Gasteiger partial charge is 0.336 e. The summed E-state index contributed by atoms with van der Waals surface area (Å²) < 4.78 is 7.47. The van der Waals surface area contributed by atoms with Crippen molar-refractivity contribution in [2.24, 2.45) is 0 Å². The Morgan fingerprint density at radius 1 is 1.07 bits per heavy atom. The summed E-state index contributed by atoms with van der Waals surface area (Å²) in [7, 11) is 0. The number of halogens is 1. The third kappa shape index (κ3) is 4.09. The van der Waals surface area contributed by atoms with Gasteiger partial charge in [0.05, 0.1) is 0 Å². The number of fused-ring (bicyclic) bond motifs is 1. The molecule has 0 aliphatic carbocycles. The molecule has 2 heterocycles. The molecule has 0 aliphatic rings. The van der Waals surface area contributed by atoms with Gasteiger partial charge in [0.25, 0.3) is 0 Å². The van der Waals surface area contributed by atoms with Gasteiger partial charge in [-0.25, -0.2) is 4.79 Å². The second-order valence-electron chi connectivity index (χ2n) is 6.62. The fourth-order valence-corrected chi connectivity index (χ4v) is 4.37. The van der Waals surface area contributed by atoms with Crippen LogP contribution in [0.25, 0.3) is 22.4 Å². The summed E-state index contributed by atoms with van der Waals surface area (Å²) in [5.41, 5.74) is 3.34. The maximum absolute atomic E-state index is 12.0. The van der Waals surface area contributed by atoms with E-state index >= 15 is 0 Å². The first-order valence-corrected chi connectivity index (χ1v) is 10.8. The van der Waals surface area contributed by atoms with Gasteiger partial charge < -0.3 is 8.98 Å². The zero-order chi connectivity index (χ0) is 20.4. The number of nitrogens with zero attached hydrogens (tertiary/aromatic N) is 3. The molecule has 4 aromatic rings. The Bertz CT molecular complexity index is 1220. The number of thioether (sulfide) groups is 1. The van der Waals surface area contributed by atoms with Crippen LogP contribution in [0.15, 0.2) is 62.9 Å². The highest BCUT2D eigenvalue weighted by Gasteiger charge is 2.14. The molecular formula is C22H20ClN3O2S. The van der Waals surface area contributed by atoms with Crippen LogP contribution in [0, 0.1) is 0 Å². The third-order valence-electron chi connectivity index (χ3n) is 4.80. The number of hydrogen-bond donors (Lipinski definition) is 0. The highest BCUT2D eigenvalue weighted by atomic mass is 35.5. The van der Waals surface area contributed by atoms with Crippen LogP contribution < -0.4 is 5.63 Å². The molecule has 0 radical (unpaired) electrons. The summed E-state index contributed by atoms with van der Waals surface area (Å²) in [6, 6.07) is 15.2. The Kier molecular flexibility index (Phi) is 5.74. The average Bonchev–Trinajstić information content (AvgIpc) is 3.14. The van der Waals surface area contributed by atoms with Crippen molar-refractivity contribution in [2.75, 3.05) is 0 Å². The van der Waals surface area contributed by atoms with E-state index in [0.717, 1.165) is 46.0 Å². The standard InChI is InChI=1S/C22H20ClN3O2S/c1-3-14-5-10-18-16(12-20(27)28-19(18)11-14)13-29-22-25-24-21(26(22)4-2)15-6-8-17(23)9-7-15/h5-12H,3-4,13H2,1-2H3. The molecule has 2 aromatic carbocycles. The van der Waals surface area contributed by atoms with Gasteiger partial charge in [-0.1, -0.05) is 42.4 Å². The van der Waals surface area contributed by atoms with E-state index in [4.69, 9.17) is 16.0 Å². The van der Waals surface area contributed by atoms with E-state index in [1.807, 2.05) is 36.4 Å². The number of aryl methyl sites for hydroxylation is 1. The van der Waals surface area contributed by atoms with Crippen LogP contribution in [-0.4, -0.2) is 14.8 Å². The molecule has 5 nitrogen and oxygen atoms in total. The van der Waals surface area contributed by atoms with Crippen molar-refractivity contribution < 1.29 is 4.42 Å². The number of benzene rings is 2. The molecule has 4 rings (SSSR count). The quantitative estimate of drug-likeness (QED) is 0.298. The zero-order valence-electron chi connectivity index (χ0n) is 16.2. The van der Waals surface area contributed by atoms with Crippen molar-refractivity contribution in [2.45, 2.75) is 37.7 Å². The molecular weight excluding hydrogens is 406 g/mol. The molecule has 0 N–H and O–H groups in total. The zero-order valence-corrected chi connectivity index (χ0v) is 17.8. The van der Waals surface area contributed by atoms with Crippen molar-refractivity contribution in [1.82, 2.24) is 14.8 Å². The Morgan fingerprint density at radius 2 is 1.86 bits per heavy atom. The van der Waals surface area contributed by atoms with E-state index < -0.39 is 0 Å². The van der Waals surface area contributed by atoms with Crippen molar-refractivity contribution >= 4 is 34.3 Å². The summed E-state index contributed by atoms with van der Waals surface area (Å²) in [4.78, 5) is 12.0. The lowest BCUT2D eigenvalue weighted by Crippen LogP contribution is -2.02. The van der Waals surface area contributed by atoms with Gasteiger partial charge in [-0.2, -0.15) is 0 Å². The summed E-state index contributed by atoms with van der Waals surface area (Å²) in [6.45, 7) is 4.88. The van der Waals surface area contributed by atoms with Gasteiger partial charge >= 0.3 is 5.63 Å². The first-order valence-electron chi connectivity index (χ1n) is 9.46. The van der Waals surface area contributed by atoms with E-state index in [1.54, 1.807) is 17.8 Å². The average molecular weight is 426 g/mol. The first-order chi connectivity index (χ1) is 14.1. The topological polar surface area (TPSA) is 60.9 Å². The molecule has 2 aromatic heterocycles. The lowest BCUT2D eigenvalue weighted by Gasteiger charge is -2.09. The van der Waals surface area contributed by atoms with Gasteiger partial charge in [0.15, 0.2) is 11.0 Å². The highest BCUT2D eigenvalue weighted by molar-refractivity contribution is 7.98. The van der Waals surface area contributed by atoms with Crippen molar-refractivity contribution in [3.05, 3.63) is 75.1 Å². The predicted molar refractivity (Wildman–Crippen MR) is 118 cm³/mol. The monoisotopic (exact) mass is 425 g/mol. The van der Waals surface area contributed by atoms with Crippen molar-refractivity contribution in [3.63, 3.8) is 0 Å². The lowest BCUT2D eigenvalue weighted by atomic mass is 10.1. The molecule has 0 saturated carbocycles. The lowest BCUT2D eigenvalue weighted by molar-refractivity contribution is 0.559. The minimum atomic E-state index is -0.333. The summed E-state index contributed by atoms with van der Waals surface area (Å²) >= 11 is 7.55. The molecule has 29 heavy (non-hydrogen) atoms. The minimum absolute atomic E-state index is 0.333. The van der Waals surface area contributed by atoms with E-state index in [9.17, 15) is 4.79 Å². The fourth-order valence-electron chi connectivity index (χ4n) is 3.25. The van der Waals surface area contributed by atoms with E-state index in [2.05, 4.69) is 34.7 Å². The largest absolute Gasteiger partial charge is 0.423 e. The van der Waals surface area contributed by atoms with Gasteiger partial charge in [-0.05, 0) is 54.8 Å². The molecule has 0 bridgehead atoms. The van der Waals surface area contributed by atoms with Crippen LogP contribution in [0.2, 0.25) is 5.02 Å². The first kappa shape index (κ1) is 19.7. The number of rotatable bonds is 6. The van der Waals surface area contributed by atoms with Crippen LogP contribution in [0.5, 0.6) is 0 Å². The van der Waals surface area contributed by atoms with Crippen LogP contribution in [0.4, 0.5) is 0 Å². The van der Waals surface area contributed by atoms with Gasteiger partial charge in [-0.15, -0.1) is 10.2 Å². The second-order valence-corrected chi connectivity index (χ2v) is 8.00. The molecule has 0 atom stereocenters. The Hall–Kier alpha value is -2.57. The maximum Gasteiger partial charge on any atom is 0.336 e. The maximum atomic E-state index is 12.0. The normalized spacial score (nSPS) is 11.3. The van der Waals surface area contributed by atoms with Crippen molar-refractivity contribution in [1.29, 1.82) is 0 Å². The van der Waals surface area contributed by atoms with E-state index in [0.29, 0.717) is 16.4 Å². The van der Waals surface area contributed by atoms with Crippen LogP contribution in [0.3, 0.4) is 0 Å². The SMILES string of the molecule is CCc1ccc2c(CSc3nnc(-c4ccc(Cl)cc4)n3CC)cc(=O)oc2c1. The fraction of sp³-hybridized carbons (Fsp3) is 0.227. The van der Waals surface area contributed by atoms with Crippen LogP contribution >= 0.6 is 23.4 Å². The molecule has 7 heteroatoms. The Morgan fingerprint density at radius 3 is 2.59 bits per heavy atom. The van der Waals surface area contributed by atoms with Gasteiger partial charge in [0.2, 0.25) is 0 Å². The van der Waals surface area contributed by atoms with Gasteiger partial charge in [0, 0.05) is 34.3 Å². The Labute approximate surface area is 177 Å². The number of aromatic nitrogens is 3. The summed E-state index contributed by atoms with van der Waals surface area (Å²) in [6.07, 6.45) is 0.895. The van der Waals surface area contributed by atoms with E-state index in [1.165, 1.54) is 0 Å². The molecule has 0 fully saturated rings. The predicted octanol–water partition coefficient (Wildman–Crippen LogP) is 5.58. The summed E-state index contributed by atoms with van der Waals surface area (Å²) in [5, 5.41) is 11.2. The molecule has 0 aliphatic heterocycles. The van der Waals surface area contributed by atoms with E-state index in [-0.39, 0.29) is 5.63 Å². The molecule has 0 saturated heterocycles. The van der Waals surface area contributed by atoms with Gasteiger partial charge in [0.1, 0.15) is 5.58 Å². The molecule has 0 unspecified atom stereocenters. The summed E-state index contributed by atoms with van der Waals surface area (Å²) in [5.74, 6) is 1.41. The third-order valence-corrected chi connectivity index (χ3v) is 6.06. The molecule has 0 amide bonds.